The number of nitrogens with two attached hydrogens (primary N) is 1. The van der Waals surface area contributed by atoms with Gasteiger partial charge in [0.15, 0.2) is 0 Å². The summed E-state index contributed by atoms with van der Waals surface area (Å²) in [4.78, 5) is 0. The van der Waals surface area contributed by atoms with E-state index >= 15 is 0 Å². The summed E-state index contributed by atoms with van der Waals surface area (Å²) in [6.45, 7) is 2.92. The fourth-order valence-electron chi connectivity index (χ4n) is 0. The highest BCUT2D eigenvalue weighted by atomic mass is 32.2. The predicted molar refractivity (Wildman–Crippen MR) is 30.0 cm³/mol. The molecular formula is C3H9NO2S. The highest BCUT2D eigenvalue weighted by Gasteiger charge is 1.85. The van der Waals surface area contributed by atoms with Crippen LogP contribution >= 0.6 is 0 Å². The number of rotatable bonds is 1. The number of primary sulfonamides is 1. The van der Waals surface area contributed by atoms with Crippen LogP contribution in [0.15, 0.2) is 12.0 Å². The SMILES string of the molecule is C.C=CS(N)(=O)=O. The van der Waals surface area contributed by atoms with Crippen molar-refractivity contribution in [1.82, 2.24) is 0 Å². The van der Waals surface area contributed by atoms with E-state index in [0.717, 1.165) is 0 Å². The third-order valence-corrected chi connectivity index (χ3v) is 0.697. The second-order valence-corrected chi connectivity index (χ2v) is 2.27. The zero-order valence-corrected chi connectivity index (χ0v) is 3.90. The normalized spacial score (nSPS) is 9.29. The molecule has 4 heteroatoms. The second-order valence-electron chi connectivity index (χ2n) is 0.756. The quantitative estimate of drug-likeness (QED) is 0.535. The van der Waals surface area contributed by atoms with Gasteiger partial charge >= 0.3 is 0 Å². The van der Waals surface area contributed by atoms with Crippen LogP contribution in [0.25, 0.3) is 0 Å². The molecule has 0 spiro atoms. The van der Waals surface area contributed by atoms with Gasteiger partial charge in [-0.05, 0) is 0 Å². The molecule has 3 nitrogen and oxygen atoms in total. The molecule has 0 aliphatic carbocycles. The van der Waals surface area contributed by atoms with Crippen LogP contribution in [0.2, 0.25) is 0 Å². The summed E-state index contributed by atoms with van der Waals surface area (Å²) in [5, 5.41) is 5.08. The fourth-order valence-corrected chi connectivity index (χ4v) is 0. The van der Waals surface area contributed by atoms with Crippen LogP contribution in [0.3, 0.4) is 0 Å². The maximum absolute atomic E-state index is 9.66. The molecule has 44 valence electrons. The molecule has 0 saturated carbocycles. The summed E-state index contributed by atoms with van der Waals surface area (Å²) in [5.41, 5.74) is 0. The zero-order chi connectivity index (χ0) is 5.21. The molecule has 2 N–H and O–H groups in total. The molecule has 0 bridgehead atoms. The Morgan fingerprint density at radius 1 is 1.57 bits per heavy atom. The lowest BCUT2D eigenvalue weighted by molar-refractivity contribution is 0.606. The van der Waals surface area contributed by atoms with Crippen LogP contribution in [0.1, 0.15) is 7.43 Å². The summed E-state index contributed by atoms with van der Waals surface area (Å²) in [6.07, 6.45) is 0. The number of sulfonamides is 1. The van der Waals surface area contributed by atoms with Crippen molar-refractivity contribution in [3.8, 4) is 0 Å². The van der Waals surface area contributed by atoms with E-state index in [9.17, 15) is 8.42 Å². The van der Waals surface area contributed by atoms with Crippen molar-refractivity contribution >= 4 is 10.0 Å². The third kappa shape index (κ3) is 10.7. The van der Waals surface area contributed by atoms with Crippen molar-refractivity contribution in [2.24, 2.45) is 5.14 Å². The maximum atomic E-state index is 9.66. The van der Waals surface area contributed by atoms with Gasteiger partial charge in [0.05, 0.1) is 0 Å². The van der Waals surface area contributed by atoms with Crippen LogP contribution < -0.4 is 5.14 Å². The molecule has 0 aromatic carbocycles. The highest BCUT2D eigenvalue weighted by Crippen LogP contribution is 1.69. The van der Waals surface area contributed by atoms with Gasteiger partial charge in [-0.15, -0.1) is 0 Å². The first-order valence-electron chi connectivity index (χ1n) is 1.21. The van der Waals surface area contributed by atoms with E-state index in [1.54, 1.807) is 0 Å². The number of hydrogen-bond donors (Lipinski definition) is 1. The van der Waals surface area contributed by atoms with E-state index < -0.39 is 10.0 Å². The summed E-state index contributed by atoms with van der Waals surface area (Å²) in [5.74, 6) is 0. The van der Waals surface area contributed by atoms with Crippen molar-refractivity contribution in [3.05, 3.63) is 12.0 Å². The monoisotopic (exact) mass is 123 g/mol. The predicted octanol–water partition coefficient (Wildman–Crippen LogP) is 0.0545. The standard InChI is InChI=1S/C2H5NO2S.CH4/c1-2-6(3,4)5;/h2H,1H2,(H2,3,4,5);1H4. The zero-order valence-electron chi connectivity index (χ0n) is 3.09. The molecule has 0 aliphatic rings. The summed E-state index contributed by atoms with van der Waals surface area (Å²) in [7, 11) is -3.40. The van der Waals surface area contributed by atoms with Crippen LogP contribution in [-0.4, -0.2) is 8.42 Å². The first-order valence-corrected chi connectivity index (χ1v) is 2.82. The Morgan fingerprint density at radius 3 is 1.71 bits per heavy atom. The van der Waals surface area contributed by atoms with E-state index in [0.29, 0.717) is 5.41 Å². The Balaban J connectivity index is 0. The third-order valence-electron chi connectivity index (χ3n) is 0.232. The molecule has 0 rings (SSSR count). The first kappa shape index (κ1) is 9.82. The van der Waals surface area contributed by atoms with Gasteiger partial charge in [-0.2, -0.15) is 0 Å². The second kappa shape index (κ2) is 2.76. The van der Waals surface area contributed by atoms with Crippen LogP contribution in [0.4, 0.5) is 0 Å². The molecule has 0 aromatic heterocycles. The topological polar surface area (TPSA) is 60.2 Å². The molecule has 0 atom stereocenters. The Bertz CT molecular complexity index is 123. The summed E-state index contributed by atoms with van der Waals surface area (Å²) in [6, 6.07) is 0. The number of hydrogen-bond acceptors (Lipinski definition) is 2. The molecule has 0 aromatic rings. The molecular weight excluding hydrogens is 114 g/mol. The van der Waals surface area contributed by atoms with Gasteiger partial charge in [0.2, 0.25) is 10.0 Å². The Morgan fingerprint density at radius 2 is 1.71 bits per heavy atom. The lowest BCUT2D eigenvalue weighted by Gasteiger charge is -1.75. The van der Waals surface area contributed by atoms with Gasteiger partial charge in [-0.3, -0.25) is 0 Å². The van der Waals surface area contributed by atoms with Gasteiger partial charge in [-0.25, -0.2) is 13.6 Å². The van der Waals surface area contributed by atoms with Crippen molar-refractivity contribution < 1.29 is 8.42 Å². The molecule has 0 saturated heterocycles. The molecule has 0 unspecified atom stereocenters. The maximum Gasteiger partial charge on any atom is 0.230 e. The lowest BCUT2D eigenvalue weighted by Crippen LogP contribution is -2.05. The van der Waals surface area contributed by atoms with Gasteiger partial charge in [0.25, 0.3) is 0 Å². The Kier molecular flexibility index (Phi) is 3.87. The van der Waals surface area contributed by atoms with Gasteiger partial charge in [0.1, 0.15) is 0 Å². The Labute approximate surface area is 43.9 Å². The molecule has 0 fully saturated rings. The van der Waals surface area contributed by atoms with Gasteiger partial charge in [0, 0.05) is 5.41 Å². The van der Waals surface area contributed by atoms with Crippen LogP contribution in [0.5, 0.6) is 0 Å². The van der Waals surface area contributed by atoms with E-state index in [1.165, 1.54) is 0 Å². The molecule has 0 aliphatic heterocycles. The molecule has 0 heterocycles. The fraction of sp³-hybridized carbons (Fsp3) is 0.333. The van der Waals surface area contributed by atoms with Gasteiger partial charge < -0.3 is 0 Å². The minimum absolute atomic E-state index is 0. The van der Waals surface area contributed by atoms with Crippen molar-refractivity contribution in [2.45, 2.75) is 7.43 Å². The largest absolute Gasteiger partial charge is 0.230 e. The van der Waals surface area contributed by atoms with E-state index in [2.05, 4.69) is 11.7 Å². The minimum Gasteiger partial charge on any atom is -0.225 e. The molecule has 0 amide bonds. The average molecular weight is 123 g/mol. The minimum atomic E-state index is -3.40. The summed E-state index contributed by atoms with van der Waals surface area (Å²) < 4.78 is 19.3. The van der Waals surface area contributed by atoms with E-state index in [-0.39, 0.29) is 7.43 Å². The average Bonchev–Trinajstić information content (AvgIpc) is 1.35. The highest BCUT2D eigenvalue weighted by molar-refractivity contribution is 7.92. The van der Waals surface area contributed by atoms with E-state index in [4.69, 9.17) is 0 Å². The van der Waals surface area contributed by atoms with Crippen molar-refractivity contribution in [3.63, 3.8) is 0 Å². The van der Waals surface area contributed by atoms with Gasteiger partial charge in [-0.1, -0.05) is 14.0 Å². The summed E-state index contributed by atoms with van der Waals surface area (Å²) >= 11 is 0. The van der Waals surface area contributed by atoms with E-state index in [1.807, 2.05) is 0 Å². The van der Waals surface area contributed by atoms with Crippen LogP contribution in [-0.2, 0) is 10.0 Å². The van der Waals surface area contributed by atoms with Crippen molar-refractivity contribution in [2.75, 3.05) is 0 Å². The molecule has 0 radical (unpaired) electrons. The lowest BCUT2D eigenvalue weighted by atomic mass is 11.3. The molecule has 7 heavy (non-hydrogen) atoms. The first-order chi connectivity index (χ1) is 2.56. The van der Waals surface area contributed by atoms with Crippen molar-refractivity contribution in [1.29, 1.82) is 0 Å². The van der Waals surface area contributed by atoms with Crippen LogP contribution in [0, 0.1) is 0 Å². The Hall–Kier alpha value is -0.350. The smallest absolute Gasteiger partial charge is 0.225 e.